The Morgan fingerprint density at radius 2 is 1.88 bits per heavy atom. The molecule has 0 saturated heterocycles. The third kappa shape index (κ3) is 3.63. The number of aromatic nitrogens is 4. The number of nitrogens with zero attached hydrogens (tertiary/aromatic N) is 5. The summed E-state index contributed by atoms with van der Waals surface area (Å²) in [6.45, 7) is 4.23. The number of aryl methyl sites for hydroxylation is 1. The first-order valence-corrected chi connectivity index (χ1v) is 12.0. The number of fused-ring (bicyclic) bond motifs is 1. The number of thiophene rings is 1. The minimum Gasteiger partial charge on any atom is -0.396 e. The van der Waals surface area contributed by atoms with Crippen molar-refractivity contribution in [1.82, 2.24) is 19.5 Å². The summed E-state index contributed by atoms with van der Waals surface area (Å²) in [6.07, 6.45) is 6.75. The lowest BCUT2D eigenvalue weighted by atomic mass is 9.92. The third-order valence-corrected chi connectivity index (χ3v) is 7.31. The number of aliphatic hydroxyl groups excluding tert-OH is 1. The highest BCUT2D eigenvalue weighted by Gasteiger charge is 2.32. The van der Waals surface area contributed by atoms with Crippen molar-refractivity contribution in [3.63, 3.8) is 0 Å². The summed E-state index contributed by atoms with van der Waals surface area (Å²) >= 11 is 1.60. The van der Waals surface area contributed by atoms with Gasteiger partial charge < -0.3 is 15.4 Å². The Labute approximate surface area is 191 Å². The molecule has 166 valence electrons. The van der Waals surface area contributed by atoms with Crippen LogP contribution in [0.15, 0.2) is 48.1 Å². The normalized spacial score (nSPS) is 19.8. The average molecular weight is 449 g/mol. The number of nitrogens with two attached hydrogens (primary N) is 1. The summed E-state index contributed by atoms with van der Waals surface area (Å²) in [6, 6.07) is 10.1. The zero-order valence-corrected chi connectivity index (χ0v) is 19.2. The van der Waals surface area contributed by atoms with Gasteiger partial charge in [-0.1, -0.05) is 12.1 Å². The highest BCUT2D eigenvalue weighted by atomic mass is 32.1. The molecule has 0 aliphatic heterocycles. The number of nitrogen functional groups attached to an aromatic ring is 1. The smallest absolute Gasteiger partial charge is 0.212 e. The van der Waals surface area contributed by atoms with Gasteiger partial charge in [0.2, 0.25) is 5.95 Å². The number of benzene rings is 1. The van der Waals surface area contributed by atoms with Crippen LogP contribution in [0.4, 0.5) is 16.6 Å². The maximum Gasteiger partial charge on any atom is 0.212 e. The zero-order valence-electron chi connectivity index (χ0n) is 18.3. The van der Waals surface area contributed by atoms with Crippen molar-refractivity contribution in [3.8, 4) is 0 Å². The Morgan fingerprint density at radius 1 is 1.12 bits per heavy atom. The molecule has 1 aliphatic rings. The first-order chi connectivity index (χ1) is 15.5. The van der Waals surface area contributed by atoms with Gasteiger partial charge in [0.15, 0.2) is 5.82 Å². The van der Waals surface area contributed by atoms with E-state index in [4.69, 9.17) is 10.7 Å². The van der Waals surface area contributed by atoms with Gasteiger partial charge in [-0.3, -0.25) is 4.90 Å². The maximum atomic E-state index is 10.1. The lowest BCUT2D eigenvalue weighted by molar-refractivity contribution is 0.111. The van der Waals surface area contributed by atoms with Crippen molar-refractivity contribution in [1.29, 1.82) is 0 Å². The van der Waals surface area contributed by atoms with Crippen LogP contribution in [-0.4, -0.2) is 30.7 Å². The number of aliphatic hydroxyl groups is 1. The Bertz CT molecular complexity index is 1210. The second-order valence-corrected chi connectivity index (χ2v) is 9.42. The van der Waals surface area contributed by atoms with Gasteiger partial charge in [0, 0.05) is 18.4 Å². The molecule has 0 spiro atoms. The van der Waals surface area contributed by atoms with Crippen molar-refractivity contribution >= 4 is 39.0 Å². The third-order valence-electron chi connectivity index (χ3n) is 6.38. The van der Waals surface area contributed by atoms with Gasteiger partial charge in [0.05, 0.1) is 28.9 Å². The Kier molecular flexibility index (Phi) is 5.57. The molecule has 3 heterocycles. The fourth-order valence-corrected chi connectivity index (χ4v) is 5.63. The lowest BCUT2D eigenvalue weighted by Gasteiger charge is -2.33. The van der Waals surface area contributed by atoms with Crippen LogP contribution in [0.3, 0.4) is 0 Å². The fraction of sp³-hybridized carbons (Fsp3) is 0.375. The molecule has 0 radical (unpaired) electrons. The predicted molar refractivity (Wildman–Crippen MR) is 129 cm³/mol. The molecule has 4 aromatic rings. The molecule has 7 nitrogen and oxygen atoms in total. The zero-order chi connectivity index (χ0) is 22.2. The van der Waals surface area contributed by atoms with Crippen LogP contribution in [0, 0.1) is 6.92 Å². The standard InChI is InChI=1S/C24H28N6OS/c1-15-5-3-6-20-21(15)30(17-7-9-18(31)10-8-17)24(28-20)29(23-19(25)11-14-32-23)16(2)22-26-12-4-13-27-22/h3-6,11-14,16-18,31H,7-10,25H2,1-2H3. The molecular formula is C24H28N6OS. The number of hydrogen-bond acceptors (Lipinski definition) is 7. The molecule has 0 amide bonds. The molecule has 0 bridgehead atoms. The summed E-state index contributed by atoms with van der Waals surface area (Å²) in [5.74, 6) is 1.57. The molecular weight excluding hydrogens is 420 g/mol. The maximum absolute atomic E-state index is 10.1. The molecule has 3 aromatic heterocycles. The molecule has 1 fully saturated rings. The molecule has 32 heavy (non-hydrogen) atoms. The Balaban J connectivity index is 1.73. The summed E-state index contributed by atoms with van der Waals surface area (Å²) in [5, 5.41) is 13.1. The van der Waals surface area contributed by atoms with Crippen molar-refractivity contribution < 1.29 is 5.11 Å². The molecule has 8 heteroatoms. The van der Waals surface area contributed by atoms with Gasteiger partial charge in [-0.2, -0.15) is 0 Å². The van der Waals surface area contributed by atoms with E-state index in [1.165, 1.54) is 5.56 Å². The first-order valence-electron chi connectivity index (χ1n) is 11.1. The highest BCUT2D eigenvalue weighted by molar-refractivity contribution is 7.15. The number of rotatable bonds is 5. The minimum atomic E-state index is -0.216. The van der Waals surface area contributed by atoms with E-state index in [1.54, 1.807) is 23.7 Å². The predicted octanol–water partition coefficient (Wildman–Crippen LogP) is 5.15. The van der Waals surface area contributed by atoms with E-state index in [0.29, 0.717) is 5.69 Å². The van der Waals surface area contributed by atoms with E-state index in [9.17, 15) is 5.11 Å². The monoisotopic (exact) mass is 448 g/mol. The van der Waals surface area contributed by atoms with Gasteiger partial charge in [0.25, 0.3) is 0 Å². The number of anilines is 3. The minimum absolute atomic E-state index is 0.165. The van der Waals surface area contributed by atoms with Crippen LogP contribution in [0.2, 0.25) is 0 Å². The summed E-state index contributed by atoms with van der Waals surface area (Å²) < 4.78 is 2.37. The molecule has 1 aliphatic carbocycles. The van der Waals surface area contributed by atoms with Crippen LogP contribution in [0.25, 0.3) is 11.0 Å². The van der Waals surface area contributed by atoms with Crippen molar-refractivity contribution in [2.45, 2.75) is 57.7 Å². The van der Waals surface area contributed by atoms with E-state index in [2.05, 4.69) is 51.5 Å². The quantitative estimate of drug-likeness (QED) is 0.438. The summed E-state index contributed by atoms with van der Waals surface area (Å²) in [5.41, 5.74) is 10.4. The van der Waals surface area contributed by atoms with Gasteiger partial charge in [-0.25, -0.2) is 15.0 Å². The van der Waals surface area contributed by atoms with E-state index in [1.807, 2.05) is 17.5 Å². The molecule has 5 rings (SSSR count). The Hall–Kier alpha value is -2.97. The summed E-state index contributed by atoms with van der Waals surface area (Å²) in [4.78, 5) is 16.4. The molecule has 1 aromatic carbocycles. The van der Waals surface area contributed by atoms with Crippen LogP contribution in [0.1, 0.15) is 56.1 Å². The van der Waals surface area contributed by atoms with Gasteiger partial charge in [-0.05, 0) is 68.7 Å². The molecule has 3 N–H and O–H groups in total. The average Bonchev–Trinajstić information content (AvgIpc) is 3.40. The number of hydrogen-bond donors (Lipinski definition) is 2. The largest absolute Gasteiger partial charge is 0.396 e. The Morgan fingerprint density at radius 3 is 2.56 bits per heavy atom. The van der Waals surface area contributed by atoms with Crippen molar-refractivity contribution in [2.75, 3.05) is 10.6 Å². The second-order valence-electron chi connectivity index (χ2n) is 8.52. The van der Waals surface area contributed by atoms with E-state index < -0.39 is 0 Å². The lowest BCUT2D eigenvalue weighted by Crippen LogP contribution is -2.29. The SMILES string of the molecule is Cc1cccc2nc(N(c3sccc3N)C(C)c3ncccn3)n(C3CCC(O)CC3)c12. The van der Waals surface area contributed by atoms with Gasteiger partial charge in [-0.15, -0.1) is 11.3 Å². The van der Waals surface area contributed by atoms with Crippen molar-refractivity contribution in [2.24, 2.45) is 0 Å². The number of imidazole rings is 1. The second kappa shape index (κ2) is 8.52. The van der Waals surface area contributed by atoms with Crippen LogP contribution < -0.4 is 10.6 Å². The first kappa shape index (κ1) is 20.9. The highest BCUT2D eigenvalue weighted by Crippen LogP contribution is 2.44. The van der Waals surface area contributed by atoms with Gasteiger partial charge in [0.1, 0.15) is 5.00 Å². The fourth-order valence-electron chi connectivity index (χ4n) is 4.73. The van der Waals surface area contributed by atoms with E-state index in [0.717, 1.165) is 53.5 Å². The van der Waals surface area contributed by atoms with E-state index >= 15 is 0 Å². The molecule has 1 saturated carbocycles. The number of para-hydroxylation sites is 1. The van der Waals surface area contributed by atoms with Crippen LogP contribution >= 0.6 is 11.3 Å². The van der Waals surface area contributed by atoms with Crippen molar-refractivity contribution in [3.05, 3.63) is 59.5 Å². The van der Waals surface area contributed by atoms with Gasteiger partial charge >= 0.3 is 0 Å². The van der Waals surface area contributed by atoms with Crippen LogP contribution in [-0.2, 0) is 0 Å². The van der Waals surface area contributed by atoms with E-state index in [-0.39, 0.29) is 18.2 Å². The molecule has 1 unspecified atom stereocenters. The topological polar surface area (TPSA) is 93.1 Å². The summed E-state index contributed by atoms with van der Waals surface area (Å²) in [7, 11) is 0. The van der Waals surface area contributed by atoms with Crippen LogP contribution in [0.5, 0.6) is 0 Å². The molecule has 1 atom stereocenters.